The maximum absolute atomic E-state index is 13.0. The molecule has 88 valence electrons. The summed E-state index contributed by atoms with van der Waals surface area (Å²) in [5, 5.41) is 3.41. The number of nitrogens with one attached hydrogen (secondary N) is 1. The number of rotatable bonds is 6. The van der Waals surface area contributed by atoms with Crippen LogP contribution in [-0.4, -0.2) is 6.54 Å². The quantitative estimate of drug-likeness (QED) is 0.726. The van der Waals surface area contributed by atoms with Crippen LogP contribution in [0.3, 0.4) is 0 Å². The van der Waals surface area contributed by atoms with Gasteiger partial charge in [0.2, 0.25) is 0 Å². The van der Waals surface area contributed by atoms with Crippen molar-refractivity contribution in [3.63, 3.8) is 0 Å². The molecule has 1 saturated carbocycles. The molecule has 0 atom stereocenters. The van der Waals surface area contributed by atoms with Crippen LogP contribution < -0.4 is 5.32 Å². The van der Waals surface area contributed by atoms with Crippen molar-refractivity contribution >= 4 is 0 Å². The van der Waals surface area contributed by atoms with Crippen molar-refractivity contribution in [2.24, 2.45) is 5.92 Å². The van der Waals surface area contributed by atoms with Gasteiger partial charge in [0, 0.05) is 6.54 Å². The molecule has 0 aromatic heterocycles. The SMILES string of the molecule is Cc1cc(CNCCCC2CC2)ccc1F. The number of hydrogen-bond acceptors (Lipinski definition) is 1. The zero-order valence-corrected chi connectivity index (χ0v) is 9.93. The van der Waals surface area contributed by atoms with E-state index in [1.54, 1.807) is 6.07 Å². The Morgan fingerprint density at radius 3 is 2.88 bits per heavy atom. The topological polar surface area (TPSA) is 12.0 Å². The van der Waals surface area contributed by atoms with Crippen molar-refractivity contribution in [3.8, 4) is 0 Å². The Balaban J connectivity index is 1.65. The maximum Gasteiger partial charge on any atom is 0.126 e. The Hall–Kier alpha value is -0.890. The molecule has 0 heterocycles. The fourth-order valence-electron chi connectivity index (χ4n) is 1.97. The van der Waals surface area contributed by atoms with Gasteiger partial charge in [-0.05, 0) is 49.4 Å². The number of halogens is 1. The minimum Gasteiger partial charge on any atom is -0.313 e. The molecule has 0 aliphatic heterocycles. The summed E-state index contributed by atoms with van der Waals surface area (Å²) in [5.41, 5.74) is 1.91. The maximum atomic E-state index is 13.0. The van der Waals surface area contributed by atoms with Crippen molar-refractivity contribution in [3.05, 3.63) is 35.1 Å². The molecule has 1 N–H and O–H groups in total. The first-order valence-electron chi connectivity index (χ1n) is 6.21. The highest BCUT2D eigenvalue weighted by Crippen LogP contribution is 2.33. The van der Waals surface area contributed by atoms with Gasteiger partial charge in [-0.2, -0.15) is 0 Å². The first-order chi connectivity index (χ1) is 7.75. The molecule has 0 saturated heterocycles. The van der Waals surface area contributed by atoms with Gasteiger partial charge in [-0.3, -0.25) is 0 Å². The van der Waals surface area contributed by atoms with Crippen molar-refractivity contribution in [1.29, 1.82) is 0 Å². The summed E-state index contributed by atoms with van der Waals surface area (Å²) < 4.78 is 13.0. The van der Waals surface area contributed by atoms with Crippen molar-refractivity contribution < 1.29 is 4.39 Å². The number of aryl methyl sites for hydroxylation is 1. The lowest BCUT2D eigenvalue weighted by molar-refractivity contribution is 0.590. The summed E-state index contributed by atoms with van der Waals surface area (Å²) in [6.45, 7) is 3.74. The molecule has 2 heteroatoms. The highest BCUT2D eigenvalue weighted by atomic mass is 19.1. The normalized spacial score (nSPS) is 15.4. The van der Waals surface area contributed by atoms with Crippen LogP contribution >= 0.6 is 0 Å². The van der Waals surface area contributed by atoms with E-state index in [1.807, 2.05) is 19.1 Å². The van der Waals surface area contributed by atoms with E-state index in [0.29, 0.717) is 0 Å². The highest BCUT2D eigenvalue weighted by Gasteiger charge is 2.19. The molecule has 0 amide bonds. The van der Waals surface area contributed by atoms with Gasteiger partial charge in [0.1, 0.15) is 5.82 Å². The number of hydrogen-bond donors (Lipinski definition) is 1. The average Bonchev–Trinajstić information content (AvgIpc) is 3.07. The van der Waals surface area contributed by atoms with Gasteiger partial charge in [0.05, 0.1) is 0 Å². The van der Waals surface area contributed by atoms with E-state index < -0.39 is 0 Å². The number of benzene rings is 1. The summed E-state index contributed by atoms with van der Waals surface area (Å²) in [6, 6.07) is 5.33. The smallest absolute Gasteiger partial charge is 0.126 e. The Morgan fingerprint density at radius 2 is 2.19 bits per heavy atom. The Morgan fingerprint density at radius 1 is 1.38 bits per heavy atom. The molecule has 0 radical (unpaired) electrons. The van der Waals surface area contributed by atoms with Gasteiger partial charge in [-0.25, -0.2) is 4.39 Å². The van der Waals surface area contributed by atoms with Crippen molar-refractivity contribution in [1.82, 2.24) is 5.32 Å². The predicted molar refractivity (Wildman–Crippen MR) is 64.8 cm³/mol. The molecular weight excluding hydrogens is 201 g/mol. The molecule has 1 aliphatic carbocycles. The molecular formula is C14H20FN. The third-order valence-corrected chi connectivity index (χ3v) is 3.21. The molecule has 0 unspecified atom stereocenters. The fourth-order valence-corrected chi connectivity index (χ4v) is 1.97. The van der Waals surface area contributed by atoms with Gasteiger partial charge in [0.15, 0.2) is 0 Å². The molecule has 1 nitrogen and oxygen atoms in total. The summed E-state index contributed by atoms with van der Waals surface area (Å²) in [7, 11) is 0. The second-order valence-corrected chi connectivity index (χ2v) is 4.85. The molecule has 1 fully saturated rings. The third-order valence-electron chi connectivity index (χ3n) is 3.21. The fraction of sp³-hybridized carbons (Fsp3) is 0.571. The van der Waals surface area contributed by atoms with E-state index in [4.69, 9.17) is 0 Å². The second kappa shape index (κ2) is 5.44. The van der Waals surface area contributed by atoms with Crippen LogP contribution in [0, 0.1) is 18.7 Å². The summed E-state index contributed by atoms with van der Waals surface area (Å²) in [6.07, 6.45) is 5.52. The molecule has 0 bridgehead atoms. The second-order valence-electron chi connectivity index (χ2n) is 4.85. The van der Waals surface area contributed by atoms with E-state index in [2.05, 4.69) is 5.32 Å². The average molecular weight is 221 g/mol. The Kier molecular flexibility index (Phi) is 3.94. The van der Waals surface area contributed by atoms with Crippen LogP contribution in [0.5, 0.6) is 0 Å². The van der Waals surface area contributed by atoms with Gasteiger partial charge in [-0.15, -0.1) is 0 Å². The van der Waals surface area contributed by atoms with Crippen LogP contribution in [0.2, 0.25) is 0 Å². The highest BCUT2D eigenvalue weighted by molar-refractivity contribution is 5.23. The molecule has 1 aliphatic rings. The summed E-state index contributed by atoms with van der Waals surface area (Å²) >= 11 is 0. The molecule has 1 aromatic rings. The van der Waals surface area contributed by atoms with E-state index >= 15 is 0 Å². The zero-order chi connectivity index (χ0) is 11.4. The predicted octanol–water partition coefficient (Wildman–Crippen LogP) is 3.41. The lowest BCUT2D eigenvalue weighted by Crippen LogP contribution is -2.14. The van der Waals surface area contributed by atoms with E-state index in [1.165, 1.54) is 31.2 Å². The monoisotopic (exact) mass is 221 g/mol. The largest absolute Gasteiger partial charge is 0.313 e. The van der Waals surface area contributed by atoms with Gasteiger partial charge in [-0.1, -0.05) is 25.0 Å². The van der Waals surface area contributed by atoms with E-state index in [0.717, 1.165) is 24.6 Å². The molecule has 1 aromatic carbocycles. The molecule has 2 rings (SSSR count). The van der Waals surface area contributed by atoms with Crippen LogP contribution in [0.1, 0.15) is 36.8 Å². The van der Waals surface area contributed by atoms with Crippen LogP contribution in [-0.2, 0) is 6.54 Å². The minimum absolute atomic E-state index is 0.113. The van der Waals surface area contributed by atoms with E-state index in [-0.39, 0.29) is 5.82 Å². The van der Waals surface area contributed by atoms with Crippen LogP contribution in [0.15, 0.2) is 18.2 Å². The van der Waals surface area contributed by atoms with Crippen molar-refractivity contribution in [2.75, 3.05) is 6.54 Å². The van der Waals surface area contributed by atoms with E-state index in [9.17, 15) is 4.39 Å². The van der Waals surface area contributed by atoms with Crippen LogP contribution in [0.4, 0.5) is 4.39 Å². The van der Waals surface area contributed by atoms with Crippen molar-refractivity contribution in [2.45, 2.75) is 39.2 Å². The first-order valence-corrected chi connectivity index (χ1v) is 6.21. The Bertz CT molecular complexity index is 345. The lowest BCUT2D eigenvalue weighted by Gasteiger charge is -2.06. The molecule has 16 heavy (non-hydrogen) atoms. The summed E-state index contributed by atoms with van der Waals surface area (Å²) in [4.78, 5) is 0. The van der Waals surface area contributed by atoms with Gasteiger partial charge in [0.25, 0.3) is 0 Å². The summed E-state index contributed by atoms with van der Waals surface area (Å²) in [5.74, 6) is 0.910. The van der Waals surface area contributed by atoms with Gasteiger partial charge >= 0.3 is 0 Å². The van der Waals surface area contributed by atoms with Crippen LogP contribution in [0.25, 0.3) is 0 Å². The Labute approximate surface area is 97.1 Å². The van der Waals surface area contributed by atoms with Gasteiger partial charge < -0.3 is 5.32 Å². The standard InChI is InChI=1S/C14H20FN/c1-11-9-13(6-7-14(11)15)10-16-8-2-3-12-4-5-12/h6-7,9,12,16H,2-5,8,10H2,1H3. The molecule has 0 spiro atoms. The minimum atomic E-state index is -0.113. The zero-order valence-electron chi connectivity index (χ0n) is 9.93. The first kappa shape index (κ1) is 11.6. The third kappa shape index (κ3) is 3.60. The lowest BCUT2D eigenvalue weighted by atomic mass is 10.1.